The van der Waals surface area contributed by atoms with Crippen molar-refractivity contribution in [3.05, 3.63) is 0 Å². The molecule has 0 rings (SSSR count). The standard InChI is InChI=1S/CH2O3.Al.FH.Na.H2O/c2-1(3)4;;;;/h(H2,2,3,4);;1H;;1H2/q;+3;;+1;/p-4. The average Bonchev–Trinajstić information content (AvgIpc) is 0.811. The maximum Gasteiger partial charge on any atom is 3.00 e. The van der Waals surface area contributed by atoms with Crippen LogP contribution in [0.2, 0.25) is 0 Å². The van der Waals surface area contributed by atoms with E-state index in [1.54, 1.807) is 0 Å². The maximum absolute atomic E-state index is 8.33. The fraction of sp³-hybridized carbons (Fsp3) is 0. The first-order chi connectivity index (χ1) is 1.73. The van der Waals surface area contributed by atoms with Crippen LogP contribution in [0.3, 0.4) is 0 Å². The quantitative estimate of drug-likeness (QED) is 0.317. The molecule has 1 N–H and O–H groups in total. The Morgan fingerprint density at radius 3 is 1.25 bits per heavy atom. The number of carbonyl (C=O) groups excluding carboxylic acids is 1. The molecule has 0 aromatic carbocycles. The van der Waals surface area contributed by atoms with Crippen LogP contribution in [0.5, 0.6) is 0 Å². The molecule has 0 heterocycles. The van der Waals surface area contributed by atoms with E-state index in [1.165, 1.54) is 0 Å². The van der Waals surface area contributed by atoms with Gasteiger partial charge in [-0.2, -0.15) is 0 Å². The van der Waals surface area contributed by atoms with Crippen LogP contribution in [-0.2, 0) is 0 Å². The van der Waals surface area contributed by atoms with Crippen molar-refractivity contribution in [1.82, 2.24) is 0 Å². The molecule has 0 unspecified atom stereocenters. The van der Waals surface area contributed by atoms with E-state index in [0.717, 1.165) is 0 Å². The molecule has 0 aromatic rings. The molecule has 0 aliphatic rings. The minimum absolute atomic E-state index is 0. The zero-order valence-corrected chi connectivity index (χ0v) is 7.28. The predicted molar refractivity (Wildman–Crippen MR) is 13.1 cm³/mol. The van der Waals surface area contributed by atoms with Crippen molar-refractivity contribution in [2.45, 2.75) is 0 Å². The summed E-state index contributed by atoms with van der Waals surface area (Å²) < 4.78 is 0. The van der Waals surface area contributed by atoms with E-state index >= 15 is 0 Å². The molecule has 40 valence electrons. The second-order valence-electron chi connectivity index (χ2n) is 0.250. The van der Waals surface area contributed by atoms with E-state index in [9.17, 15) is 0 Å². The third-order valence-corrected chi connectivity index (χ3v) is 0. The molecule has 0 aliphatic carbocycles. The largest absolute Gasteiger partial charge is 3.00 e. The van der Waals surface area contributed by atoms with Gasteiger partial charge in [0.25, 0.3) is 0 Å². The van der Waals surface area contributed by atoms with E-state index in [1.807, 2.05) is 0 Å². The van der Waals surface area contributed by atoms with Crippen molar-refractivity contribution in [3.63, 3.8) is 0 Å². The molecule has 0 atom stereocenters. The van der Waals surface area contributed by atoms with Gasteiger partial charge in [-0.25, -0.2) is 0 Å². The first-order valence-corrected chi connectivity index (χ1v) is 0.612. The van der Waals surface area contributed by atoms with Crippen LogP contribution in [0.15, 0.2) is 0 Å². The second-order valence-corrected chi connectivity index (χ2v) is 0.250. The van der Waals surface area contributed by atoms with Gasteiger partial charge in [0.1, 0.15) is 0 Å². The van der Waals surface area contributed by atoms with E-state index < -0.39 is 6.16 Å². The fourth-order valence-corrected chi connectivity index (χ4v) is 0. The van der Waals surface area contributed by atoms with Crippen molar-refractivity contribution < 1.29 is 54.7 Å². The Morgan fingerprint density at radius 2 is 1.25 bits per heavy atom. The van der Waals surface area contributed by atoms with Crippen LogP contribution < -0.4 is 44.5 Å². The Morgan fingerprint density at radius 1 is 1.25 bits per heavy atom. The van der Waals surface area contributed by atoms with Crippen LogP contribution in [0.1, 0.15) is 0 Å². The Kier molecular flexibility index (Phi) is 119. The third kappa shape index (κ3) is 452. The molecule has 0 aromatic heterocycles. The number of carboxylic acid groups (broad SMARTS) is 2. The normalized spacial score (nSPS) is 3.00. The van der Waals surface area contributed by atoms with Crippen molar-refractivity contribution in [2.24, 2.45) is 0 Å². The minimum Gasteiger partial charge on any atom is -1.00 e. The Hall–Kier alpha value is 0.692. The summed E-state index contributed by atoms with van der Waals surface area (Å²) in [5.74, 6) is 0. The fourth-order valence-electron chi connectivity index (χ4n) is 0. The van der Waals surface area contributed by atoms with Gasteiger partial charge >= 0.3 is 46.9 Å². The number of hydrogen-bond donors (Lipinski definition) is 0. The van der Waals surface area contributed by atoms with Crippen LogP contribution in [0, 0.1) is 0 Å². The Labute approximate surface area is 78.0 Å². The molecule has 0 spiro atoms. The summed E-state index contributed by atoms with van der Waals surface area (Å²) in [7, 11) is 0. The summed E-state index contributed by atoms with van der Waals surface area (Å²) in [6.07, 6.45) is -2.33. The summed E-state index contributed by atoms with van der Waals surface area (Å²) in [6.45, 7) is 0. The average molecular weight is 146 g/mol. The number of halogens is 1. The minimum atomic E-state index is -2.33. The first kappa shape index (κ1) is 37.7. The molecule has 8 heavy (non-hydrogen) atoms. The molecule has 0 amide bonds. The smallest absolute Gasteiger partial charge is 1.00 e. The molecule has 0 radical (unpaired) electrons. The van der Waals surface area contributed by atoms with Gasteiger partial charge in [-0.3, -0.25) is 0 Å². The topological polar surface area (TPSA) is 93.2 Å². The van der Waals surface area contributed by atoms with Gasteiger partial charge in [-0.15, -0.1) is 0 Å². The Bertz CT molecular complexity index is 39.0. The predicted octanol–water partition coefficient (Wildman–Crippen LogP) is -9.00. The number of rotatable bonds is 0. The van der Waals surface area contributed by atoms with Gasteiger partial charge in [0, 0.05) is 0 Å². The first-order valence-electron chi connectivity index (χ1n) is 0.612. The van der Waals surface area contributed by atoms with Crippen molar-refractivity contribution >= 4 is 23.5 Å². The van der Waals surface area contributed by atoms with E-state index in [2.05, 4.69) is 0 Å². The van der Waals surface area contributed by atoms with E-state index in [-0.39, 0.29) is 57.1 Å². The molecule has 0 saturated heterocycles. The summed E-state index contributed by atoms with van der Waals surface area (Å²) in [5.41, 5.74) is 0. The third-order valence-electron chi connectivity index (χ3n) is 0. The number of carbonyl (C=O) groups is 1. The van der Waals surface area contributed by atoms with E-state index in [4.69, 9.17) is 15.0 Å². The van der Waals surface area contributed by atoms with Crippen molar-refractivity contribution in [2.75, 3.05) is 0 Å². The van der Waals surface area contributed by atoms with E-state index in [0.29, 0.717) is 0 Å². The monoisotopic (exact) mass is 146 g/mol. The Balaban J connectivity index is -0.00000000750. The summed E-state index contributed by atoms with van der Waals surface area (Å²) >= 11 is 0. The maximum atomic E-state index is 8.33. The second kappa shape index (κ2) is 25.3. The van der Waals surface area contributed by atoms with Gasteiger partial charge in [-0.05, 0) is 6.16 Å². The molecule has 0 saturated carbocycles. The van der Waals surface area contributed by atoms with Gasteiger partial charge in [0.05, 0.1) is 0 Å². The van der Waals surface area contributed by atoms with Crippen LogP contribution in [0.25, 0.3) is 0 Å². The van der Waals surface area contributed by atoms with Gasteiger partial charge < -0.3 is 25.2 Å². The van der Waals surface area contributed by atoms with Gasteiger partial charge in [0.2, 0.25) is 0 Å². The van der Waals surface area contributed by atoms with Crippen LogP contribution in [0.4, 0.5) is 4.79 Å². The molecular formula is CHAlFNaO4. The van der Waals surface area contributed by atoms with Crippen molar-refractivity contribution in [3.8, 4) is 0 Å². The van der Waals surface area contributed by atoms with Crippen LogP contribution in [-0.4, -0.2) is 29.0 Å². The molecule has 0 bridgehead atoms. The molecule has 0 aliphatic heterocycles. The van der Waals surface area contributed by atoms with Crippen molar-refractivity contribution in [1.29, 1.82) is 0 Å². The summed E-state index contributed by atoms with van der Waals surface area (Å²) in [4.78, 5) is 8.33. The zero-order valence-electron chi connectivity index (χ0n) is 4.13. The molecule has 7 heteroatoms. The number of hydrogen-bond acceptors (Lipinski definition) is 4. The SMILES string of the molecule is O=C([O-])[O-].[Al+3].[F-].[Na+].[OH-]. The molecule has 0 fully saturated rings. The molecule has 4 nitrogen and oxygen atoms in total. The molecular weight excluding hydrogens is 145 g/mol. The van der Waals surface area contributed by atoms with Gasteiger partial charge in [-0.1, -0.05) is 0 Å². The zero-order chi connectivity index (χ0) is 3.58. The summed E-state index contributed by atoms with van der Waals surface area (Å²) in [5, 5.41) is 16.7. The van der Waals surface area contributed by atoms with Crippen LogP contribution >= 0.6 is 0 Å². The summed E-state index contributed by atoms with van der Waals surface area (Å²) in [6, 6.07) is 0. The van der Waals surface area contributed by atoms with Gasteiger partial charge in [0.15, 0.2) is 0 Å².